The van der Waals surface area contributed by atoms with Crippen molar-refractivity contribution in [2.24, 2.45) is 0 Å². The lowest BCUT2D eigenvalue weighted by molar-refractivity contribution is 0.0223. The van der Waals surface area contributed by atoms with Gasteiger partial charge < -0.3 is 20.3 Å². The Kier molecular flexibility index (Phi) is 5.19. The summed E-state index contributed by atoms with van der Waals surface area (Å²) in [6, 6.07) is 3.56. The lowest BCUT2D eigenvalue weighted by Crippen LogP contribution is -2.40. The van der Waals surface area contributed by atoms with Gasteiger partial charge in [-0.05, 0) is 60.3 Å². The third-order valence-electron chi connectivity index (χ3n) is 3.47. The molecule has 0 bridgehead atoms. The van der Waals surface area contributed by atoms with Gasteiger partial charge in [0.05, 0.1) is 12.2 Å². The van der Waals surface area contributed by atoms with Crippen LogP contribution in [0.15, 0.2) is 16.6 Å². The van der Waals surface area contributed by atoms with Crippen molar-refractivity contribution in [2.45, 2.75) is 39.3 Å². The van der Waals surface area contributed by atoms with E-state index in [1.807, 2.05) is 32.9 Å². The van der Waals surface area contributed by atoms with E-state index in [0.717, 1.165) is 16.5 Å². The van der Waals surface area contributed by atoms with Crippen LogP contribution in [-0.2, 0) is 17.7 Å². The molecule has 0 aliphatic carbocycles. The summed E-state index contributed by atoms with van der Waals surface area (Å²) in [6.07, 6.45) is 0.438. The average Bonchev–Trinajstić information content (AvgIpc) is 2.48. The average molecular weight is 384 g/mol. The van der Waals surface area contributed by atoms with Gasteiger partial charge in [-0.2, -0.15) is 0 Å². The number of rotatable bonds is 1. The standard InChI is InChI=1S/C16H22BrN3O3/c1-16(2,3)23-15(22)20-8-7-10-5-6-12(19-14(21)18-4)13(17)11(10)9-20/h5-6H,7-9H2,1-4H3,(H2,18,19,21). The maximum Gasteiger partial charge on any atom is 0.410 e. The number of fused-ring (bicyclic) bond motifs is 1. The molecule has 0 radical (unpaired) electrons. The van der Waals surface area contributed by atoms with Crippen LogP contribution >= 0.6 is 15.9 Å². The minimum Gasteiger partial charge on any atom is -0.444 e. The monoisotopic (exact) mass is 383 g/mol. The largest absolute Gasteiger partial charge is 0.444 e. The van der Waals surface area contributed by atoms with E-state index in [9.17, 15) is 9.59 Å². The molecule has 0 fully saturated rings. The van der Waals surface area contributed by atoms with E-state index in [0.29, 0.717) is 18.8 Å². The third kappa shape index (κ3) is 4.37. The summed E-state index contributed by atoms with van der Waals surface area (Å²) < 4.78 is 6.23. The van der Waals surface area contributed by atoms with Crippen molar-refractivity contribution in [3.63, 3.8) is 0 Å². The molecule has 1 aliphatic heterocycles. The van der Waals surface area contributed by atoms with Gasteiger partial charge in [-0.25, -0.2) is 9.59 Å². The molecule has 23 heavy (non-hydrogen) atoms. The second-order valence-electron chi connectivity index (χ2n) is 6.42. The van der Waals surface area contributed by atoms with Gasteiger partial charge >= 0.3 is 12.1 Å². The predicted molar refractivity (Wildman–Crippen MR) is 92.6 cm³/mol. The van der Waals surface area contributed by atoms with E-state index in [1.165, 1.54) is 5.56 Å². The Balaban J connectivity index is 2.20. The molecule has 1 aromatic rings. The number of ether oxygens (including phenoxy) is 1. The Morgan fingerprint density at radius 2 is 2.00 bits per heavy atom. The van der Waals surface area contributed by atoms with Crippen LogP contribution in [-0.4, -0.2) is 36.2 Å². The summed E-state index contributed by atoms with van der Waals surface area (Å²) in [7, 11) is 1.56. The van der Waals surface area contributed by atoms with Gasteiger partial charge in [0.2, 0.25) is 0 Å². The van der Waals surface area contributed by atoms with Crippen LogP contribution in [0, 0.1) is 0 Å². The molecule has 6 nitrogen and oxygen atoms in total. The first-order chi connectivity index (χ1) is 10.7. The van der Waals surface area contributed by atoms with Crippen LogP contribution in [0.5, 0.6) is 0 Å². The third-order valence-corrected chi connectivity index (χ3v) is 4.37. The molecule has 0 saturated heterocycles. The first-order valence-corrected chi connectivity index (χ1v) is 8.27. The second kappa shape index (κ2) is 6.78. The fraction of sp³-hybridized carbons (Fsp3) is 0.500. The minimum absolute atomic E-state index is 0.287. The summed E-state index contributed by atoms with van der Waals surface area (Å²) in [4.78, 5) is 25.4. The second-order valence-corrected chi connectivity index (χ2v) is 7.21. The highest BCUT2D eigenvalue weighted by molar-refractivity contribution is 9.10. The Morgan fingerprint density at radius 3 is 2.61 bits per heavy atom. The Bertz CT molecular complexity index is 626. The molecule has 0 saturated carbocycles. The summed E-state index contributed by atoms with van der Waals surface area (Å²) in [5, 5.41) is 5.28. The first-order valence-electron chi connectivity index (χ1n) is 7.48. The molecular formula is C16H22BrN3O3. The zero-order valence-electron chi connectivity index (χ0n) is 13.8. The van der Waals surface area contributed by atoms with Crippen LogP contribution < -0.4 is 10.6 Å². The Morgan fingerprint density at radius 1 is 1.30 bits per heavy atom. The fourth-order valence-electron chi connectivity index (χ4n) is 2.36. The van der Waals surface area contributed by atoms with Gasteiger partial charge in [-0.3, -0.25) is 0 Å². The molecule has 0 spiro atoms. The first kappa shape index (κ1) is 17.6. The summed E-state index contributed by atoms with van der Waals surface area (Å²) in [5.41, 5.74) is 2.32. The zero-order chi connectivity index (χ0) is 17.2. The normalized spacial score (nSPS) is 14.0. The predicted octanol–water partition coefficient (Wildman–Crippen LogP) is 3.49. The van der Waals surface area contributed by atoms with Gasteiger partial charge in [0.15, 0.2) is 0 Å². The van der Waals surface area contributed by atoms with Crippen molar-refractivity contribution in [3.8, 4) is 0 Å². The van der Waals surface area contributed by atoms with Gasteiger partial charge in [0.1, 0.15) is 5.60 Å². The number of amides is 3. The zero-order valence-corrected chi connectivity index (χ0v) is 15.4. The molecule has 2 N–H and O–H groups in total. The number of hydrogen-bond acceptors (Lipinski definition) is 3. The van der Waals surface area contributed by atoms with Crippen molar-refractivity contribution in [3.05, 3.63) is 27.7 Å². The van der Waals surface area contributed by atoms with Crippen molar-refractivity contribution in [1.29, 1.82) is 0 Å². The van der Waals surface area contributed by atoms with E-state index in [2.05, 4.69) is 26.6 Å². The lowest BCUT2D eigenvalue weighted by atomic mass is 9.99. The summed E-state index contributed by atoms with van der Waals surface area (Å²) in [5.74, 6) is 0. The maximum absolute atomic E-state index is 12.3. The molecule has 2 rings (SSSR count). The molecular weight excluding hydrogens is 362 g/mol. The molecule has 1 aliphatic rings. The number of benzene rings is 1. The van der Waals surface area contributed by atoms with Crippen LogP contribution in [0.25, 0.3) is 0 Å². The highest BCUT2D eigenvalue weighted by Gasteiger charge is 2.27. The number of nitrogens with one attached hydrogen (secondary N) is 2. The quantitative estimate of drug-likeness (QED) is 0.779. The molecule has 3 amide bonds. The number of carbonyl (C=O) groups is 2. The smallest absolute Gasteiger partial charge is 0.410 e. The van der Waals surface area contributed by atoms with E-state index >= 15 is 0 Å². The van der Waals surface area contributed by atoms with Crippen LogP contribution in [0.3, 0.4) is 0 Å². The highest BCUT2D eigenvalue weighted by atomic mass is 79.9. The molecule has 1 aromatic carbocycles. The van der Waals surface area contributed by atoms with E-state index in [1.54, 1.807) is 11.9 Å². The van der Waals surface area contributed by atoms with Gasteiger partial charge in [-0.1, -0.05) is 6.07 Å². The van der Waals surface area contributed by atoms with E-state index < -0.39 is 5.60 Å². The number of nitrogens with zero attached hydrogens (tertiary/aromatic N) is 1. The number of anilines is 1. The topological polar surface area (TPSA) is 70.7 Å². The summed E-state index contributed by atoms with van der Waals surface area (Å²) in [6.45, 7) is 6.63. The number of urea groups is 1. The fourth-order valence-corrected chi connectivity index (χ4v) is 2.97. The maximum atomic E-state index is 12.3. The van der Waals surface area contributed by atoms with Crippen LogP contribution in [0.1, 0.15) is 31.9 Å². The lowest BCUT2D eigenvalue weighted by Gasteiger charge is -2.32. The Labute approximate surface area is 144 Å². The SMILES string of the molecule is CNC(=O)Nc1ccc2c(c1Br)CN(C(=O)OC(C)(C)C)CC2. The van der Waals surface area contributed by atoms with E-state index in [4.69, 9.17) is 4.74 Å². The number of halogens is 1. The molecule has 0 atom stereocenters. The number of carbonyl (C=O) groups excluding carboxylic acids is 2. The van der Waals surface area contributed by atoms with Crippen LogP contribution in [0.4, 0.5) is 15.3 Å². The summed E-state index contributed by atoms with van der Waals surface area (Å²) >= 11 is 3.54. The van der Waals surface area contributed by atoms with Gasteiger partial charge in [0, 0.05) is 18.1 Å². The van der Waals surface area contributed by atoms with E-state index in [-0.39, 0.29) is 12.1 Å². The van der Waals surface area contributed by atoms with Crippen molar-refractivity contribution >= 4 is 33.7 Å². The van der Waals surface area contributed by atoms with Crippen LogP contribution in [0.2, 0.25) is 0 Å². The molecule has 126 valence electrons. The minimum atomic E-state index is -0.517. The highest BCUT2D eigenvalue weighted by Crippen LogP contribution is 2.33. The Hall–Kier alpha value is -1.76. The molecule has 0 unspecified atom stereocenters. The molecule has 1 heterocycles. The van der Waals surface area contributed by atoms with Gasteiger partial charge in [0.25, 0.3) is 0 Å². The molecule has 7 heteroatoms. The van der Waals surface area contributed by atoms with Crippen molar-refractivity contribution in [2.75, 3.05) is 18.9 Å². The molecule has 0 aromatic heterocycles. The number of hydrogen-bond donors (Lipinski definition) is 2. The van der Waals surface area contributed by atoms with Crippen molar-refractivity contribution in [1.82, 2.24) is 10.2 Å². The van der Waals surface area contributed by atoms with Gasteiger partial charge in [-0.15, -0.1) is 0 Å². The van der Waals surface area contributed by atoms with Crippen molar-refractivity contribution < 1.29 is 14.3 Å².